The fraction of sp³-hybridized carbons (Fsp3) is 0.700. The molecule has 187 valence electrons. The second-order valence-electron chi connectivity index (χ2n) is 7.42. The van der Waals surface area contributed by atoms with Crippen molar-refractivity contribution in [3.8, 4) is 5.75 Å². The Kier molecular flexibility index (Phi) is 15.2. The number of halogens is 6. The first kappa shape index (κ1) is 32.5. The van der Waals surface area contributed by atoms with Crippen LogP contribution in [0.3, 0.4) is 0 Å². The zero-order valence-corrected chi connectivity index (χ0v) is 21.4. The molecule has 1 N–H and O–H groups in total. The van der Waals surface area contributed by atoms with Gasteiger partial charge in [-0.3, -0.25) is 4.55 Å². The van der Waals surface area contributed by atoms with E-state index in [1.54, 1.807) is 0 Å². The molecule has 1 rings (SSSR count). The molecule has 0 heterocycles. The van der Waals surface area contributed by atoms with E-state index in [4.69, 9.17) is 9.29 Å². The molecule has 0 atom stereocenters. The Bertz CT molecular complexity index is 743. The summed E-state index contributed by atoms with van der Waals surface area (Å²) in [5.41, 5.74) is 0. The summed E-state index contributed by atoms with van der Waals surface area (Å²) >= 11 is 0. The third-order valence-electron chi connectivity index (χ3n) is 4.78. The molecule has 0 aliphatic carbocycles. The fourth-order valence-electron chi connectivity index (χ4n) is 3.08. The van der Waals surface area contributed by atoms with Crippen LogP contribution in [-0.4, -0.2) is 73.2 Å². The van der Waals surface area contributed by atoms with E-state index in [2.05, 4.69) is 0 Å². The zero-order chi connectivity index (χ0) is 24.3. The fourth-order valence-corrected chi connectivity index (χ4v) is 3.56. The molecule has 0 spiro atoms. The van der Waals surface area contributed by atoms with Crippen molar-refractivity contribution in [2.75, 3.05) is 13.2 Å². The second-order valence-corrected chi connectivity index (χ2v) is 8.84. The van der Waals surface area contributed by atoms with E-state index in [1.165, 1.54) is 24.3 Å². The Morgan fingerprint density at radius 3 is 1.52 bits per heavy atom. The predicted octanol–water partition coefficient (Wildman–Crippen LogP) is 6.17. The summed E-state index contributed by atoms with van der Waals surface area (Å²) in [6.45, 7) is -0.599. The molecule has 1 radical (unpaired) electrons. The van der Waals surface area contributed by atoms with Gasteiger partial charge in [-0.1, -0.05) is 51.4 Å². The van der Waals surface area contributed by atoms with Gasteiger partial charge in [-0.2, -0.15) is 34.8 Å². The molecule has 0 saturated carbocycles. The van der Waals surface area contributed by atoms with Crippen LogP contribution in [-0.2, 0) is 10.1 Å². The van der Waals surface area contributed by atoms with Gasteiger partial charge in [0, 0.05) is 36.1 Å². The van der Waals surface area contributed by atoms with Gasteiger partial charge in [-0.05, 0) is 37.1 Å². The van der Waals surface area contributed by atoms with E-state index >= 15 is 0 Å². The molecule has 0 saturated heterocycles. The predicted molar refractivity (Wildman–Crippen MR) is 112 cm³/mol. The molecule has 13 heteroatoms. The molecule has 0 aromatic heterocycles. The summed E-state index contributed by atoms with van der Waals surface area (Å²) in [7, 11) is -4.22. The Morgan fingerprint density at radius 2 is 1.12 bits per heavy atom. The van der Waals surface area contributed by atoms with Gasteiger partial charge in [0.2, 0.25) is 0 Å². The van der Waals surface area contributed by atoms with Crippen molar-refractivity contribution in [1.82, 2.24) is 4.90 Å². The maximum atomic E-state index is 12.4. The Balaban J connectivity index is 0.0000102. The minimum Gasteiger partial charge on any atom is -0.494 e. The minimum atomic E-state index is -5.41. The van der Waals surface area contributed by atoms with Crippen LogP contribution < -0.4 is 4.74 Å². The van der Waals surface area contributed by atoms with Gasteiger partial charge in [-0.25, -0.2) is 0 Å². The van der Waals surface area contributed by atoms with Crippen molar-refractivity contribution in [3.05, 3.63) is 24.3 Å². The SMILES string of the molecule is O=S(=O)(O)c1ccc(OCCCCCCCCCCCCN(C(F)(F)F)C(F)(F)F)cc1.[Na]. The maximum absolute atomic E-state index is 12.4. The maximum Gasteiger partial charge on any atom is 0.467 e. The van der Waals surface area contributed by atoms with Crippen LogP contribution in [0.2, 0.25) is 0 Å². The summed E-state index contributed by atoms with van der Waals surface area (Å²) in [5.74, 6) is 0.506. The van der Waals surface area contributed by atoms with E-state index in [0.717, 1.165) is 44.9 Å². The van der Waals surface area contributed by atoms with Gasteiger partial charge >= 0.3 is 12.6 Å². The van der Waals surface area contributed by atoms with Crippen LogP contribution in [0, 0.1) is 0 Å². The number of rotatable bonds is 15. The number of hydrogen-bond acceptors (Lipinski definition) is 4. The number of hydrogen-bond donors (Lipinski definition) is 1. The molecule has 1 aromatic rings. The number of unbranched alkanes of at least 4 members (excludes halogenated alkanes) is 9. The van der Waals surface area contributed by atoms with E-state index in [1.807, 2.05) is 0 Å². The Hall–Kier alpha value is -0.530. The van der Waals surface area contributed by atoms with E-state index in [0.29, 0.717) is 25.2 Å². The largest absolute Gasteiger partial charge is 0.494 e. The van der Waals surface area contributed by atoms with Crippen molar-refractivity contribution in [1.29, 1.82) is 0 Å². The second kappa shape index (κ2) is 15.5. The molecule has 0 fully saturated rings. The molecule has 33 heavy (non-hydrogen) atoms. The van der Waals surface area contributed by atoms with Crippen molar-refractivity contribution in [3.63, 3.8) is 0 Å². The molecule has 0 aliphatic rings. The van der Waals surface area contributed by atoms with Gasteiger partial charge in [0.25, 0.3) is 10.1 Å². The first-order valence-corrected chi connectivity index (χ1v) is 11.9. The Labute approximate surface area is 212 Å². The normalized spacial score (nSPS) is 12.6. The molecular weight excluding hydrogens is 487 g/mol. The third kappa shape index (κ3) is 14.5. The van der Waals surface area contributed by atoms with Crippen LogP contribution in [0.4, 0.5) is 26.3 Å². The number of benzene rings is 1. The summed E-state index contributed by atoms with van der Waals surface area (Å²) in [4.78, 5) is -1.58. The van der Waals surface area contributed by atoms with Crippen LogP contribution in [0.5, 0.6) is 5.75 Å². The van der Waals surface area contributed by atoms with E-state index in [-0.39, 0.29) is 40.9 Å². The average molecular weight is 517 g/mol. The summed E-state index contributed by atoms with van der Waals surface area (Å²) in [5, 5.41) is 0. The Morgan fingerprint density at radius 1 is 0.727 bits per heavy atom. The quantitative estimate of drug-likeness (QED) is 0.0993. The third-order valence-corrected chi connectivity index (χ3v) is 5.65. The molecule has 5 nitrogen and oxygen atoms in total. The van der Waals surface area contributed by atoms with Crippen LogP contribution in [0.25, 0.3) is 0 Å². The number of nitrogens with zero attached hydrogens (tertiary/aromatic N) is 1. The van der Waals surface area contributed by atoms with Gasteiger partial charge in [0.1, 0.15) is 5.75 Å². The summed E-state index contributed by atoms with van der Waals surface area (Å²) in [6, 6.07) is 5.44. The van der Waals surface area contributed by atoms with Crippen molar-refractivity contribution < 1.29 is 44.0 Å². The van der Waals surface area contributed by atoms with Gasteiger partial charge < -0.3 is 4.74 Å². The molecule has 0 amide bonds. The van der Waals surface area contributed by atoms with Crippen molar-refractivity contribution in [2.45, 2.75) is 81.7 Å². The smallest absolute Gasteiger partial charge is 0.467 e. The van der Waals surface area contributed by atoms with Crippen LogP contribution >= 0.6 is 0 Å². The van der Waals surface area contributed by atoms with Gasteiger partial charge in [0.15, 0.2) is 0 Å². The number of ether oxygens (including phenoxy) is 1. The zero-order valence-electron chi connectivity index (χ0n) is 18.6. The molecule has 1 aromatic carbocycles. The molecule has 0 unspecified atom stereocenters. The van der Waals surface area contributed by atoms with E-state index in [9.17, 15) is 34.8 Å². The molecule has 0 bridgehead atoms. The van der Waals surface area contributed by atoms with Crippen molar-refractivity contribution in [2.24, 2.45) is 0 Å². The summed E-state index contributed by atoms with van der Waals surface area (Å²) in [6.07, 6.45) is -3.70. The first-order chi connectivity index (χ1) is 14.8. The molecule has 0 aliphatic heterocycles. The monoisotopic (exact) mass is 516 g/mol. The van der Waals surface area contributed by atoms with Crippen LogP contribution in [0.15, 0.2) is 29.2 Å². The van der Waals surface area contributed by atoms with E-state index < -0.39 is 34.2 Å². The average Bonchev–Trinajstić information content (AvgIpc) is 2.66. The topological polar surface area (TPSA) is 66.8 Å². The van der Waals surface area contributed by atoms with Gasteiger partial charge in [0.05, 0.1) is 11.5 Å². The summed E-state index contributed by atoms with van der Waals surface area (Å²) < 4.78 is 110. The number of alkyl halides is 6. The van der Waals surface area contributed by atoms with Crippen LogP contribution in [0.1, 0.15) is 64.2 Å². The standard InChI is InChI=1S/C20H29F6NO4S.Na/c21-19(22,23)27(20(24,25)26)15-9-7-5-3-1-2-4-6-8-10-16-31-17-11-13-18(14-12-17)32(28,29)30;/h11-14H,1-10,15-16H2,(H,28,29,30);. The van der Waals surface area contributed by atoms with Gasteiger partial charge in [-0.15, -0.1) is 4.90 Å². The van der Waals surface area contributed by atoms with Crippen molar-refractivity contribution >= 4 is 39.7 Å². The first-order valence-electron chi connectivity index (χ1n) is 10.4. The minimum absolute atomic E-state index is 0. The molecular formula is C20H29F6NNaO4S.